The Hall–Kier alpha value is -3.57. The molecule has 0 aliphatic carbocycles. The molecule has 0 aliphatic heterocycles. The van der Waals surface area contributed by atoms with Gasteiger partial charge in [0, 0.05) is 32.1 Å². The van der Waals surface area contributed by atoms with Gasteiger partial charge in [-0.3, -0.25) is 0 Å². The topological polar surface area (TPSA) is 239 Å². The number of benzene rings is 3. The van der Waals surface area contributed by atoms with Gasteiger partial charge < -0.3 is 56.8 Å². The SMILES string of the molecule is Nc1ccc(Cl)cc1.Nc1ccc(Cl)cc1.Nc1ccc(Cl)cc1.O=C([O-])C(=O)[O-].O=C([O-])C(=O)[O-].[H+].[Ru+5]. The third-order valence-corrected chi connectivity index (χ3v) is 3.70. The Balaban J connectivity index is -0.000000189. The van der Waals surface area contributed by atoms with Crippen molar-refractivity contribution in [2.45, 2.75) is 0 Å². The Morgan fingerprint density at radius 2 is 0.595 bits per heavy atom. The summed E-state index contributed by atoms with van der Waals surface area (Å²) in [7, 11) is 0. The first-order chi connectivity index (χ1) is 16.6. The van der Waals surface area contributed by atoms with Crippen molar-refractivity contribution < 1.29 is 60.5 Å². The number of nitrogens with two attached hydrogens (primary N) is 3. The minimum atomic E-state index is -2.19. The van der Waals surface area contributed by atoms with E-state index in [2.05, 4.69) is 0 Å². The van der Waals surface area contributed by atoms with Gasteiger partial charge in [-0.05, 0) is 72.8 Å². The quantitative estimate of drug-likeness (QED) is 0.148. The average Bonchev–Trinajstić information content (AvgIpc) is 2.81. The molecule has 0 saturated heterocycles. The van der Waals surface area contributed by atoms with Crippen LogP contribution in [0.25, 0.3) is 0 Å². The molecule has 1 radical (unpaired) electrons. The molecule has 0 bridgehead atoms. The molecule has 3 aromatic carbocycles. The molecule has 3 aromatic rings. The average molecular weight is 661 g/mol. The predicted molar refractivity (Wildman–Crippen MR) is 129 cm³/mol. The zero-order valence-electron chi connectivity index (χ0n) is 19.4. The smallest absolute Gasteiger partial charge is 0.543 e. The molecule has 0 atom stereocenters. The molecule has 0 aliphatic rings. The van der Waals surface area contributed by atoms with Crippen LogP contribution in [0, 0.1) is 0 Å². The molecule has 11 nitrogen and oxygen atoms in total. The van der Waals surface area contributed by atoms with Gasteiger partial charge in [-0.2, -0.15) is 0 Å². The fraction of sp³-hybridized carbons (Fsp3) is 0. The van der Waals surface area contributed by atoms with Gasteiger partial charge in [0.05, 0.1) is 23.9 Å². The first-order valence-corrected chi connectivity index (χ1v) is 10.2. The maximum Gasteiger partial charge on any atom is 5.00 e. The first-order valence-electron chi connectivity index (χ1n) is 9.03. The van der Waals surface area contributed by atoms with Crippen LogP contribution in [0.3, 0.4) is 0 Å². The molecule has 0 unspecified atom stereocenters. The number of anilines is 3. The van der Waals surface area contributed by atoms with E-state index < -0.39 is 23.9 Å². The summed E-state index contributed by atoms with van der Waals surface area (Å²) in [5, 5.41) is 37.9. The van der Waals surface area contributed by atoms with Crippen molar-refractivity contribution in [3.63, 3.8) is 0 Å². The van der Waals surface area contributed by atoms with Crippen LogP contribution in [0.2, 0.25) is 15.1 Å². The van der Waals surface area contributed by atoms with Crippen LogP contribution in [-0.2, 0) is 38.7 Å². The van der Waals surface area contributed by atoms with Crippen molar-refractivity contribution in [3.05, 3.63) is 87.9 Å². The Kier molecular flexibility index (Phi) is 22.3. The molecule has 0 aromatic heterocycles. The summed E-state index contributed by atoms with van der Waals surface area (Å²) in [5.41, 5.74) is 18.3. The fourth-order valence-corrected chi connectivity index (χ4v) is 1.77. The molecule has 3 rings (SSSR count). The van der Waals surface area contributed by atoms with Gasteiger partial charge in [0.2, 0.25) is 0 Å². The van der Waals surface area contributed by atoms with E-state index in [4.69, 9.17) is 91.6 Å². The van der Waals surface area contributed by atoms with Crippen molar-refractivity contribution in [1.29, 1.82) is 0 Å². The van der Waals surface area contributed by atoms with Crippen molar-refractivity contribution in [1.82, 2.24) is 0 Å². The molecular formula is C22H19Cl3N3O8Ru+2. The van der Waals surface area contributed by atoms with Crippen molar-refractivity contribution in [2.24, 2.45) is 0 Å². The van der Waals surface area contributed by atoms with Crippen LogP contribution in [0.1, 0.15) is 1.43 Å². The Morgan fingerprint density at radius 3 is 0.676 bits per heavy atom. The Morgan fingerprint density at radius 1 is 0.459 bits per heavy atom. The molecule has 0 heterocycles. The number of hydrogen-bond donors (Lipinski definition) is 3. The zero-order chi connectivity index (χ0) is 28.3. The number of carboxylic acid groups (broad SMARTS) is 4. The summed E-state index contributed by atoms with van der Waals surface area (Å²) >= 11 is 16.7. The second-order valence-corrected chi connectivity index (χ2v) is 7.11. The molecule has 197 valence electrons. The summed E-state index contributed by atoms with van der Waals surface area (Å²) in [6, 6.07) is 21.2. The summed E-state index contributed by atoms with van der Waals surface area (Å²) in [4.78, 5) is 35.7. The van der Waals surface area contributed by atoms with Crippen molar-refractivity contribution in [3.8, 4) is 0 Å². The second-order valence-electron chi connectivity index (χ2n) is 5.80. The zero-order valence-corrected chi connectivity index (χ0v) is 22.4. The van der Waals surface area contributed by atoms with Crippen LogP contribution in [0.15, 0.2) is 72.8 Å². The van der Waals surface area contributed by atoms with E-state index in [9.17, 15) is 0 Å². The molecular weight excluding hydrogens is 642 g/mol. The normalized spacial score (nSPS) is 8.30. The van der Waals surface area contributed by atoms with E-state index in [1.54, 1.807) is 72.8 Å². The third kappa shape index (κ3) is 25.3. The summed E-state index contributed by atoms with van der Waals surface area (Å²) in [6.07, 6.45) is 0. The van der Waals surface area contributed by atoms with Gasteiger partial charge in [0.15, 0.2) is 0 Å². The largest absolute Gasteiger partial charge is 5.00 e. The van der Waals surface area contributed by atoms with Gasteiger partial charge in [0.25, 0.3) is 0 Å². The van der Waals surface area contributed by atoms with Crippen molar-refractivity contribution >= 4 is 75.7 Å². The van der Waals surface area contributed by atoms with Crippen LogP contribution in [-0.4, -0.2) is 23.9 Å². The van der Waals surface area contributed by atoms with E-state index in [0.717, 1.165) is 32.1 Å². The van der Waals surface area contributed by atoms with Crippen LogP contribution in [0.5, 0.6) is 0 Å². The molecule has 0 spiro atoms. The second kappa shape index (κ2) is 21.7. The third-order valence-electron chi connectivity index (χ3n) is 2.94. The number of hydrogen-bond acceptors (Lipinski definition) is 11. The van der Waals surface area contributed by atoms with Crippen molar-refractivity contribution in [2.75, 3.05) is 17.2 Å². The Labute approximate surface area is 240 Å². The van der Waals surface area contributed by atoms with Gasteiger partial charge in [-0.25, -0.2) is 0 Å². The van der Waals surface area contributed by atoms with E-state index in [1.165, 1.54) is 0 Å². The molecule has 6 N–H and O–H groups in total. The van der Waals surface area contributed by atoms with Gasteiger partial charge in [-0.1, -0.05) is 34.8 Å². The standard InChI is InChI=1S/3C6H6ClN.2C2H2O4.Ru/c3*7-5-1-3-6(8)4-2-5;2*3-1(4)2(5)6;/h3*1-4H,8H2;2*(H,3,4)(H,5,6);/q;;;;;+5/p-3. The number of carbonyl (C=O) groups excluding carboxylic acids is 4. The number of carbonyl (C=O) groups is 4. The summed E-state index contributed by atoms with van der Waals surface area (Å²) < 4.78 is 0. The number of carboxylic acids is 4. The predicted octanol–water partition coefficient (Wildman–Crippen LogP) is -1.15. The molecule has 15 heteroatoms. The van der Waals surface area contributed by atoms with Gasteiger partial charge in [-0.15, -0.1) is 0 Å². The van der Waals surface area contributed by atoms with Gasteiger partial charge >= 0.3 is 20.9 Å². The van der Waals surface area contributed by atoms with Gasteiger partial charge in [0.1, 0.15) is 0 Å². The fourth-order valence-electron chi connectivity index (χ4n) is 1.39. The summed E-state index contributed by atoms with van der Waals surface area (Å²) in [5.74, 6) is -8.74. The molecule has 0 fully saturated rings. The number of aliphatic carboxylic acids is 4. The number of halogens is 3. The number of rotatable bonds is 0. The van der Waals surface area contributed by atoms with E-state index in [1.807, 2.05) is 0 Å². The summed E-state index contributed by atoms with van der Waals surface area (Å²) in [6.45, 7) is 0. The first kappa shape index (κ1) is 38.0. The van der Waals surface area contributed by atoms with Crippen LogP contribution >= 0.6 is 34.8 Å². The minimum absolute atomic E-state index is 0. The monoisotopic (exact) mass is 660 g/mol. The van der Waals surface area contributed by atoms with Crippen LogP contribution in [0.4, 0.5) is 17.1 Å². The van der Waals surface area contributed by atoms with E-state index in [-0.39, 0.29) is 20.9 Å². The Bertz CT molecular complexity index is 894. The number of nitrogen functional groups attached to an aromatic ring is 3. The maximum atomic E-state index is 8.93. The molecule has 0 amide bonds. The van der Waals surface area contributed by atoms with E-state index >= 15 is 0 Å². The van der Waals surface area contributed by atoms with Crippen LogP contribution < -0.4 is 37.6 Å². The molecule has 37 heavy (non-hydrogen) atoms. The molecule has 0 saturated carbocycles. The maximum absolute atomic E-state index is 8.93. The van der Waals surface area contributed by atoms with E-state index in [0.29, 0.717) is 0 Å². The minimum Gasteiger partial charge on any atom is -0.543 e.